The van der Waals surface area contributed by atoms with Gasteiger partial charge in [0.2, 0.25) is 0 Å². The highest BCUT2D eigenvalue weighted by Crippen LogP contribution is 2.14. The molecule has 0 N–H and O–H groups in total. The van der Waals surface area contributed by atoms with Crippen LogP contribution in [-0.2, 0) is 4.74 Å². The molecular formula is C16H32O. The topological polar surface area (TPSA) is 9.23 Å². The molecule has 0 fully saturated rings. The highest BCUT2D eigenvalue weighted by molar-refractivity contribution is 5.01. The molecule has 0 aromatic heterocycles. The van der Waals surface area contributed by atoms with Crippen LogP contribution in [0.4, 0.5) is 0 Å². The minimum absolute atomic E-state index is 0.763. The summed E-state index contributed by atoms with van der Waals surface area (Å²) in [5.41, 5.74) is 1.47. The molecule has 0 heterocycles. The van der Waals surface area contributed by atoms with Crippen molar-refractivity contribution >= 4 is 0 Å². The van der Waals surface area contributed by atoms with Gasteiger partial charge in [-0.3, -0.25) is 0 Å². The van der Waals surface area contributed by atoms with Crippen LogP contribution in [0.2, 0.25) is 0 Å². The Morgan fingerprint density at radius 3 is 2.41 bits per heavy atom. The zero-order valence-electron chi connectivity index (χ0n) is 12.4. The van der Waals surface area contributed by atoms with Crippen LogP contribution in [0.25, 0.3) is 0 Å². The summed E-state index contributed by atoms with van der Waals surface area (Å²) in [7, 11) is 0. The fourth-order valence-electron chi connectivity index (χ4n) is 1.91. The van der Waals surface area contributed by atoms with E-state index < -0.39 is 0 Å². The first-order valence-electron chi connectivity index (χ1n) is 7.53. The summed E-state index contributed by atoms with van der Waals surface area (Å²) in [4.78, 5) is 0. The van der Waals surface area contributed by atoms with Crippen molar-refractivity contribution < 1.29 is 4.74 Å². The van der Waals surface area contributed by atoms with E-state index in [0.717, 1.165) is 25.6 Å². The highest BCUT2D eigenvalue weighted by Gasteiger charge is 2.06. The third kappa shape index (κ3) is 9.41. The van der Waals surface area contributed by atoms with E-state index in [1.807, 2.05) is 0 Å². The van der Waals surface area contributed by atoms with Gasteiger partial charge in [-0.25, -0.2) is 0 Å². The van der Waals surface area contributed by atoms with Gasteiger partial charge in [0.1, 0.15) is 0 Å². The molecule has 1 heteroatoms. The Morgan fingerprint density at radius 2 is 1.88 bits per heavy atom. The van der Waals surface area contributed by atoms with Crippen molar-refractivity contribution in [3.8, 4) is 0 Å². The summed E-state index contributed by atoms with van der Waals surface area (Å²) >= 11 is 0. The molecule has 0 aliphatic rings. The molecule has 0 aliphatic carbocycles. The van der Waals surface area contributed by atoms with Crippen molar-refractivity contribution in [2.75, 3.05) is 13.2 Å². The molecular weight excluding hydrogens is 208 g/mol. The minimum Gasteiger partial charge on any atom is -0.377 e. The van der Waals surface area contributed by atoms with Gasteiger partial charge in [0.15, 0.2) is 0 Å². The van der Waals surface area contributed by atoms with Crippen LogP contribution in [0.1, 0.15) is 72.6 Å². The van der Waals surface area contributed by atoms with E-state index in [1.54, 1.807) is 0 Å². The molecule has 0 saturated heterocycles. The number of allylic oxidation sites excluding steroid dienone is 1. The number of unbranched alkanes of at least 4 members (excludes halogenated alkanes) is 2. The summed E-state index contributed by atoms with van der Waals surface area (Å²) in [5.74, 6) is 0.763. The van der Waals surface area contributed by atoms with Crippen molar-refractivity contribution in [2.24, 2.45) is 5.92 Å². The zero-order valence-corrected chi connectivity index (χ0v) is 12.4. The van der Waals surface area contributed by atoms with Crippen LogP contribution in [0.15, 0.2) is 11.6 Å². The van der Waals surface area contributed by atoms with Gasteiger partial charge in [-0.15, -0.1) is 0 Å². The lowest BCUT2D eigenvalue weighted by Crippen LogP contribution is -2.10. The summed E-state index contributed by atoms with van der Waals surface area (Å²) < 4.78 is 5.87. The molecule has 1 nitrogen and oxygen atoms in total. The average Bonchev–Trinajstić information content (AvgIpc) is 2.37. The fraction of sp³-hybridized carbons (Fsp3) is 0.875. The first-order chi connectivity index (χ1) is 8.28. The Labute approximate surface area is 109 Å². The third-order valence-corrected chi connectivity index (χ3v) is 3.36. The average molecular weight is 240 g/mol. The number of hydrogen-bond acceptors (Lipinski definition) is 1. The molecule has 0 bridgehead atoms. The first kappa shape index (κ1) is 16.7. The summed E-state index contributed by atoms with van der Waals surface area (Å²) in [6, 6.07) is 0. The van der Waals surface area contributed by atoms with Crippen molar-refractivity contribution in [3.05, 3.63) is 11.6 Å². The van der Waals surface area contributed by atoms with Gasteiger partial charge in [0.05, 0.1) is 6.61 Å². The Morgan fingerprint density at radius 1 is 1.12 bits per heavy atom. The van der Waals surface area contributed by atoms with Crippen molar-refractivity contribution in [3.63, 3.8) is 0 Å². The molecule has 0 aromatic carbocycles. The van der Waals surface area contributed by atoms with Gasteiger partial charge in [0.25, 0.3) is 0 Å². The van der Waals surface area contributed by atoms with Gasteiger partial charge in [0, 0.05) is 6.61 Å². The normalized spacial score (nSPS) is 14.0. The maximum Gasteiger partial charge on any atom is 0.0676 e. The Balaban J connectivity index is 3.77. The Hall–Kier alpha value is -0.300. The van der Waals surface area contributed by atoms with Crippen LogP contribution >= 0.6 is 0 Å². The third-order valence-electron chi connectivity index (χ3n) is 3.36. The summed E-state index contributed by atoms with van der Waals surface area (Å²) in [6.45, 7) is 10.8. The predicted molar refractivity (Wildman–Crippen MR) is 77.4 cm³/mol. The second kappa shape index (κ2) is 12.2. The van der Waals surface area contributed by atoms with E-state index in [-0.39, 0.29) is 0 Å². The maximum atomic E-state index is 5.87. The molecule has 0 saturated carbocycles. The van der Waals surface area contributed by atoms with E-state index in [2.05, 4.69) is 33.8 Å². The molecule has 0 amide bonds. The van der Waals surface area contributed by atoms with Gasteiger partial charge in [-0.1, -0.05) is 59.5 Å². The number of rotatable bonds is 11. The van der Waals surface area contributed by atoms with Crippen LogP contribution in [0.3, 0.4) is 0 Å². The maximum absolute atomic E-state index is 5.87. The summed E-state index contributed by atoms with van der Waals surface area (Å²) in [6.07, 6.45) is 11.1. The van der Waals surface area contributed by atoms with Crippen molar-refractivity contribution in [2.45, 2.75) is 72.6 Å². The molecule has 0 aromatic rings. The van der Waals surface area contributed by atoms with Crippen molar-refractivity contribution in [1.82, 2.24) is 0 Å². The molecule has 1 atom stereocenters. The molecule has 0 radical (unpaired) electrons. The van der Waals surface area contributed by atoms with E-state index in [0.29, 0.717) is 0 Å². The molecule has 17 heavy (non-hydrogen) atoms. The standard InChI is InChI=1S/C16H32O/c1-5-9-11-15(7-3)13-17-14-16(8-4)12-10-6-2/h11,16H,5-10,12-14H2,1-4H3/b15-11+. The zero-order chi connectivity index (χ0) is 12.9. The van der Waals surface area contributed by atoms with Crippen molar-refractivity contribution in [1.29, 1.82) is 0 Å². The van der Waals surface area contributed by atoms with Crippen LogP contribution < -0.4 is 0 Å². The van der Waals surface area contributed by atoms with E-state index in [1.165, 1.54) is 44.1 Å². The molecule has 0 spiro atoms. The molecule has 1 unspecified atom stereocenters. The van der Waals surface area contributed by atoms with Gasteiger partial charge < -0.3 is 4.74 Å². The highest BCUT2D eigenvalue weighted by atomic mass is 16.5. The Bertz CT molecular complexity index is 184. The van der Waals surface area contributed by atoms with Gasteiger partial charge in [-0.05, 0) is 30.8 Å². The predicted octanol–water partition coefficient (Wildman–Crippen LogP) is 5.36. The number of ether oxygens (including phenoxy) is 1. The van der Waals surface area contributed by atoms with E-state index >= 15 is 0 Å². The molecule has 102 valence electrons. The van der Waals surface area contributed by atoms with E-state index in [9.17, 15) is 0 Å². The summed E-state index contributed by atoms with van der Waals surface area (Å²) in [5, 5.41) is 0. The fourth-order valence-corrected chi connectivity index (χ4v) is 1.91. The molecule has 0 aliphatic heterocycles. The first-order valence-corrected chi connectivity index (χ1v) is 7.53. The van der Waals surface area contributed by atoms with E-state index in [4.69, 9.17) is 4.74 Å². The SMILES string of the molecule is CCC/C=C(\CC)COCC(CC)CCCC. The largest absolute Gasteiger partial charge is 0.377 e. The monoisotopic (exact) mass is 240 g/mol. The smallest absolute Gasteiger partial charge is 0.0676 e. The lowest BCUT2D eigenvalue weighted by Gasteiger charge is -2.15. The Kier molecular flexibility index (Phi) is 12.0. The van der Waals surface area contributed by atoms with Crippen LogP contribution in [0.5, 0.6) is 0 Å². The quantitative estimate of drug-likeness (QED) is 0.442. The molecule has 0 rings (SSSR count). The second-order valence-electron chi connectivity index (χ2n) is 4.94. The minimum atomic E-state index is 0.763. The van der Waals surface area contributed by atoms with Gasteiger partial charge >= 0.3 is 0 Å². The lowest BCUT2D eigenvalue weighted by atomic mass is 10.0. The van der Waals surface area contributed by atoms with Gasteiger partial charge in [-0.2, -0.15) is 0 Å². The number of hydrogen-bond donors (Lipinski definition) is 0. The van der Waals surface area contributed by atoms with Crippen LogP contribution in [0, 0.1) is 5.92 Å². The lowest BCUT2D eigenvalue weighted by molar-refractivity contribution is 0.110. The second-order valence-corrected chi connectivity index (χ2v) is 4.94. The van der Waals surface area contributed by atoms with Crippen LogP contribution in [-0.4, -0.2) is 13.2 Å².